The first-order chi connectivity index (χ1) is 10.7. The summed E-state index contributed by atoms with van der Waals surface area (Å²) in [6, 6.07) is 1.36. The summed E-state index contributed by atoms with van der Waals surface area (Å²) in [7, 11) is 0. The van der Waals surface area contributed by atoms with Gasteiger partial charge in [-0.15, -0.1) is 35.3 Å². The molecule has 5 nitrogen and oxygen atoms in total. The van der Waals surface area contributed by atoms with Gasteiger partial charge < -0.3 is 10.6 Å². The molecule has 2 aliphatic rings. The summed E-state index contributed by atoms with van der Waals surface area (Å²) in [6.45, 7) is 10.5. The Labute approximate surface area is 160 Å². The van der Waals surface area contributed by atoms with E-state index in [-0.39, 0.29) is 24.0 Å². The highest BCUT2D eigenvalue weighted by atomic mass is 127. The molecule has 2 fully saturated rings. The monoisotopic (exact) mass is 449 g/mol. The van der Waals surface area contributed by atoms with E-state index < -0.39 is 0 Å². The molecule has 23 heavy (non-hydrogen) atoms. The smallest absolute Gasteiger partial charge is 0.191 e. The van der Waals surface area contributed by atoms with Crippen molar-refractivity contribution in [1.29, 1.82) is 0 Å². The molecular formula is C16H28IN5S. The zero-order valence-electron chi connectivity index (χ0n) is 14.2. The second kappa shape index (κ2) is 8.62. The molecule has 3 rings (SSSR count). The normalized spacial score (nSPS) is 25.3. The zero-order valence-corrected chi connectivity index (χ0v) is 17.4. The molecule has 0 radical (unpaired) electrons. The first-order valence-electron chi connectivity index (χ1n) is 8.35. The van der Waals surface area contributed by atoms with E-state index in [0.717, 1.165) is 30.8 Å². The number of likely N-dealkylation sites (tertiary alicyclic amines) is 1. The maximum Gasteiger partial charge on any atom is 0.191 e. The van der Waals surface area contributed by atoms with E-state index in [1.807, 2.05) is 12.4 Å². The van der Waals surface area contributed by atoms with E-state index in [9.17, 15) is 0 Å². The van der Waals surface area contributed by atoms with Crippen LogP contribution in [0.15, 0.2) is 10.5 Å². The topological polar surface area (TPSA) is 52.6 Å². The predicted molar refractivity (Wildman–Crippen MR) is 108 cm³/mol. The Morgan fingerprint density at radius 2 is 2.22 bits per heavy atom. The number of hydrogen-bond acceptors (Lipinski definition) is 4. The predicted octanol–water partition coefficient (Wildman–Crippen LogP) is 2.61. The number of hydrogen-bond donors (Lipinski definition) is 2. The molecule has 0 spiro atoms. The van der Waals surface area contributed by atoms with E-state index >= 15 is 0 Å². The van der Waals surface area contributed by atoms with Gasteiger partial charge in [0, 0.05) is 36.6 Å². The quantitative estimate of drug-likeness (QED) is 0.412. The van der Waals surface area contributed by atoms with Crippen LogP contribution in [0.5, 0.6) is 0 Å². The van der Waals surface area contributed by atoms with Gasteiger partial charge in [-0.1, -0.05) is 6.92 Å². The third-order valence-corrected chi connectivity index (χ3v) is 5.52. The van der Waals surface area contributed by atoms with Crippen LogP contribution in [-0.4, -0.2) is 47.6 Å². The van der Waals surface area contributed by atoms with Gasteiger partial charge in [0.25, 0.3) is 0 Å². The van der Waals surface area contributed by atoms with E-state index in [1.165, 1.54) is 24.3 Å². The molecule has 2 atom stereocenters. The van der Waals surface area contributed by atoms with Crippen LogP contribution >= 0.6 is 35.3 Å². The minimum absolute atomic E-state index is 0. The van der Waals surface area contributed by atoms with Crippen LogP contribution in [0.2, 0.25) is 0 Å². The van der Waals surface area contributed by atoms with Gasteiger partial charge in [0.05, 0.1) is 17.7 Å². The summed E-state index contributed by atoms with van der Waals surface area (Å²) in [6.07, 6.45) is 2.77. The second-order valence-corrected chi connectivity index (χ2v) is 7.41. The third-order valence-electron chi connectivity index (χ3n) is 4.60. The van der Waals surface area contributed by atoms with Crippen molar-refractivity contribution in [3.8, 4) is 0 Å². The molecule has 1 aromatic heterocycles. The first kappa shape index (κ1) is 18.9. The van der Waals surface area contributed by atoms with Gasteiger partial charge in [0.1, 0.15) is 0 Å². The summed E-state index contributed by atoms with van der Waals surface area (Å²) >= 11 is 1.68. The molecule has 1 saturated carbocycles. The Hall–Kier alpha value is -0.410. The number of rotatable bonds is 5. The lowest BCUT2D eigenvalue weighted by atomic mass is 10.1. The molecule has 0 aromatic carbocycles. The lowest BCUT2D eigenvalue weighted by Crippen LogP contribution is -2.46. The molecule has 1 aliphatic carbocycles. The van der Waals surface area contributed by atoms with Crippen molar-refractivity contribution in [3.63, 3.8) is 0 Å². The molecule has 2 unspecified atom stereocenters. The van der Waals surface area contributed by atoms with Crippen molar-refractivity contribution in [2.75, 3.05) is 19.6 Å². The minimum atomic E-state index is 0. The van der Waals surface area contributed by atoms with Crippen molar-refractivity contribution in [3.05, 3.63) is 16.1 Å². The number of nitrogens with one attached hydrogen (secondary N) is 2. The van der Waals surface area contributed by atoms with Gasteiger partial charge in [-0.3, -0.25) is 4.90 Å². The SMILES string of the molecule is CCNC(=NCc1scnc1C)NC1CN(C2CC2)CC1C.I. The molecular weight excluding hydrogens is 421 g/mol. The second-order valence-electron chi connectivity index (χ2n) is 6.47. The van der Waals surface area contributed by atoms with Crippen molar-refractivity contribution in [1.82, 2.24) is 20.5 Å². The van der Waals surface area contributed by atoms with Gasteiger partial charge in [0.2, 0.25) is 0 Å². The Bertz CT molecular complexity index is 528. The molecule has 7 heteroatoms. The van der Waals surface area contributed by atoms with Crippen LogP contribution in [0.3, 0.4) is 0 Å². The van der Waals surface area contributed by atoms with Crippen molar-refractivity contribution < 1.29 is 0 Å². The lowest BCUT2D eigenvalue weighted by Gasteiger charge is -2.20. The van der Waals surface area contributed by atoms with Gasteiger partial charge >= 0.3 is 0 Å². The van der Waals surface area contributed by atoms with Crippen molar-refractivity contribution in [2.45, 2.75) is 52.2 Å². The fourth-order valence-electron chi connectivity index (χ4n) is 3.05. The van der Waals surface area contributed by atoms with Crippen LogP contribution < -0.4 is 10.6 Å². The van der Waals surface area contributed by atoms with Crippen molar-refractivity contribution >= 4 is 41.3 Å². The van der Waals surface area contributed by atoms with Gasteiger partial charge in [-0.25, -0.2) is 9.98 Å². The van der Waals surface area contributed by atoms with E-state index in [1.54, 1.807) is 11.3 Å². The number of aryl methyl sites for hydroxylation is 1. The third kappa shape index (κ3) is 5.03. The fraction of sp³-hybridized carbons (Fsp3) is 0.750. The highest BCUT2D eigenvalue weighted by molar-refractivity contribution is 14.0. The summed E-state index contributed by atoms with van der Waals surface area (Å²) in [5.74, 6) is 1.61. The van der Waals surface area contributed by atoms with E-state index in [0.29, 0.717) is 18.5 Å². The number of nitrogens with zero attached hydrogens (tertiary/aromatic N) is 3. The summed E-state index contributed by atoms with van der Waals surface area (Å²) < 4.78 is 0. The van der Waals surface area contributed by atoms with Gasteiger partial charge in [0.15, 0.2) is 5.96 Å². The molecule has 1 saturated heterocycles. The molecule has 130 valence electrons. The summed E-state index contributed by atoms with van der Waals surface area (Å²) in [5, 5.41) is 7.02. The van der Waals surface area contributed by atoms with Crippen LogP contribution in [0.4, 0.5) is 0 Å². The average molecular weight is 449 g/mol. The Morgan fingerprint density at radius 3 is 2.83 bits per heavy atom. The molecule has 1 aliphatic heterocycles. The summed E-state index contributed by atoms with van der Waals surface area (Å²) in [4.78, 5) is 12.9. The largest absolute Gasteiger partial charge is 0.357 e. The highest BCUT2D eigenvalue weighted by Gasteiger charge is 2.38. The van der Waals surface area contributed by atoms with E-state index in [2.05, 4.69) is 34.4 Å². The first-order valence-corrected chi connectivity index (χ1v) is 9.23. The maximum atomic E-state index is 4.75. The average Bonchev–Trinajstić information content (AvgIpc) is 3.17. The molecule has 2 heterocycles. The van der Waals surface area contributed by atoms with Crippen LogP contribution in [-0.2, 0) is 6.54 Å². The maximum absolute atomic E-state index is 4.75. The van der Waals surface area contributed by atoms with Crippen LogP contribution in [0.1, 0.15) is 37.3 Å². The van der Waals surface area contributed by atoms with Crippen LogP contribution in [0.25, 0.3) is 0 Å². The minimum Gasteiger partial charge on any atom is -0.357 e. The van der Waals surface area contributed by atoms with Gasteiger partial charge in [-0.05, 0) is 32.6 Å². The van der Waals surface area contributed by atoms with E-state index in [4.69, 9.17) is 4.99 Å². The lowest BCUT2D eigenvalue weighted by molar-refractivity contribution is 0.315. The number of aromatic nitrogens is 1. The molecule has 2 N–H and O–H groups in total. The Morgan fingerprint density at radius 1 is 1.43 bits per heavy atom. The fourth-order valence-corrected chi connectivity index (χ4v) is 3.75. The van der Waals surface area contributed by atoms with Crippen molar-refractivity contribution in [2.24, 2.45) is 10.9 Å². The number of thiazole rings is 1. The Balaban J connectivity index is 0.00000192. The standard InChI is InChI=1S/C16H27N5S.HI/c1-4-17-16(18-7-15-12(3)19-10-22-15)20-14-9-21(8-11(14)2)13-5-6-13;/h10-11,13-14H,4-9H2,1-3H3,(H2,17,18,20);1H. The van der Waals surface area contributed by atoms with Crippen LogP contribution in [0, 0.1) is 12.8 Å². The Kier molecular flexibility index (Phi) is 7.09. The number of guanidine groups is 1. The molecule has 0 bridgehead atoms. The molecule has 1 aromatic rings. The number of aliphatic imine (C=N–C) groups is 1. The summed E-state index contributed by atoms with van der Waals surface area (Å²) in [5.41, 5.74) is 2.99. The molecule has 0 amide bonds. The van der Waals surface area contributed by atoms with Gasteiger partial charge in [-0.2, -0.15) is 0 Å². The zero-order chi connectivity index (χ0) is 15.5. The number of halogens is 1. The highest BCUT2D eigenvalue weighted by Crippen LogP contribution is 2.31.